The topological polar surface area (TPSA) is 53.2 Å². The molecule has 0 bridgehead atoms. The number of piperidine rings is 1. The molecule has 0 aliphatic carbocycles. The maximum absolute atomic E-state index is 12.2. The third-order valence-electron chi connectivity index (χ3n) is 3.66. The van der Waals surface area contributed by atoms with Crippen molar-refractivity contribution in [3.8, 4) is 0 Å². The normalized spacial score (nSPS) is 16.9. The number of benzene rings is 1. The Morgan fingerprint density at radius 2 is 2.00 bits per heavy atom. The second-order valence-electron chi connectivity index (χ2n) is 5.02. The van der Waals surface area contributed by atoms with Crippen molar-refractivity contribution in [2.45, 2.75) is 12.8 Å². The Morgan fingerprint density at radius 1 is 1.21 bits per heavy atom. The third-order valence-corrected chi connectivity index (χ3v) is 3.66. The summed E-state index contributed by atoms with van der Waals surface area (Å²) in [6, 6.07) is 7.71. The quantitative estimate of drug-likeness (QED) is 0.855. The summed E-state index contributed by atoms with van der Waals surface area (Å²) < 4.78 is 0. The molecule has 0 radical (unpaired) electrons. The summed E-state index contributed by atoms with van der Waals surface area (Å²) in [6.45, 7) is 1.81. The minimum Gasteiger partial charge on any atom is -0.361 e. The molecule has 3 rings (SSSR count). The van der Waals surface area contributed by atoms with Crippen LogP contribution in [-0.4, -0.2) is 41.1 Å². The van der Waals surface area contributed by atoms with Crippen LogP contribution < -0.4 is 0 Å². The molecule has 0 unspecified atom stereocenters. The van der Waals surface area contributed by atoms with Crippen molar-refractivity contribution in [3.05, 3.63) is 36.0 Å². The minimum absolute atomic E-state index is 0.117. The van der Waals surface area contributed by atoms with Crippen molar-refractivity contribution in [1.29, 1.82) is 0 Å². The first kappa shape index (κ1) is 12.1. The van der Waals surface area contributed by atoms with Crippen LogP contribution in [0, 0.1) is 0 Å². The molecule has 4 heteroatoms. The first-order chi connectivity index (χ1) is 9.22. The molecule has 1 saturated heterocycles. The van der Waals surface area contributed by atoms with Gasteiger partial charge in [0.05, 0.1) is 6.54 Å². The van der Waals surface area contributed by atoms with E-state index in [-0.39, 0.29) is 5.78 Å². The Bertz CT molecular complexity index is 620. The van der Waals surface area contributed by atoms with E-state index in [1.807, 2.05) is 30.5 Å². The number of likely N-dealkylation sites (tertiary alicyclic amines) is 1. The van der Waals surface area contributed by atoms with E-state index in [1.165, 1.54) is 0 Å². The van der Waals surface area contributed by atoms with Gasteiger partial charge in [0, 0.05) is 43.2 Å². The van der Waals surface area contributed by atoms with E-state index in [0.717, 1.165) is 16.5 Å². The summed E-state index contributed by atoms with van der Waals surface area (Å²) in [5.74, 6) is 0.419. The largest absolute Gasteiger partial charge is 0.361 e. The molecular weight excluding hydrogens is 240 g/mol. The first-order valence-corrected chi connectivity index (χ1v) is 6.57. The van der Waals surface area contributed by atoms with Crippen LogP contribution in [0.5, 0.6) is 0 Å². The zero-order valence-corrected chi connectivity index (χ0v) is 10.7. The molecule has 0 amide bonds. The lowest BCUT2D eigenvalue weighted by Crippen LogP contribution is -2.37. The maximum Gasteiger partial charge on any atom is 0.176 e. The van der Waals surface area contributed by atoms with Gasteiger partial charge in [-0.15, -0.1) is 0 Å². The van der Waals surface area contributed by atoms with Crippen LogP contribution in [0.4, 0.5) is 0 Å². The molecule has 2 heterocycles. The minimum atomic E-state index is 0.117. The number of Topliss-reactive ketones (excluding diaryl/α,β-unsaturated/α-hetero) is 2. The van der Waals surface area contributed by atoms with Crippen molar-refractivity contribution in [2.75, 3.05) is 19.6 Å². The Balaban J connectivity index is 1.71. The molecule has 1 aliphatic rings. The Hall–Kier alpha value is -1.94. The molecule has 1 aliphatic heterocycles. The number of H-pyrrole nitrogens is 1. The second kappa shape index (κ2) is 4.97. The van der Waals surface area contributed by atoms with Crippen LogP contribution in [-0.2, 0) is 4.79 Å². The van der Waals surface area contributed by atoms with Crippen LogP contribution in [0.1, 0.15) is 23.2 Å². The fourth-order valence-electron chi connectivity index (χ4n) is 2.48. The van der Waals surface area contributed by atoms with Gasteiger partial charge in [0.25, 0.3) is 0 Å². The van der Waals surface area contributed by atoms with Gasteiger partial charge in [-0.05, 0) is 17.5 Å². The predicted molar refractivity (Wildman–Crippen MR) is 73.3 cm³/mol. The number of hydrogen-bond acceptors (Lipinski definition) is 3. The third kappa shape index (κ3) is 2.58. The van der Waals surface area contributed by atoms with Crippen LogP contribution in [0.3, 0.4) is 0 Å². The van der Waals surface area contributed by atoms with Gasteiger partial charge < -0.3 is 4.98 Å². The Kier molecular flexibility index (Phi) is 3.17. The number of carbonyl (C=O) groups is 2. The van der Waals surface area contributed by atoms with Gasteiger partial charge in [0.15, 0.2) is 5.78 Å². The number of nitrogens with zero attached hydrogens (tertiary/aromatic N) is 1. The molecule has 19 heavy (non-hydrogen) atoms. The molecule has 0 spiro atoms. The van der Waals surface area contributed by atoms with Crippen LogP contribution >= 0.6 is 0 Å². The van der Waals surface area contributed by atoms with Crippen molar-refractivity contribution in [2.24, 2.45) is 0 Å². The van der Waals surface area contributed by atoms with Gasteiger partial charge in [0.1, 0.15) is 5.78 Å². The van der Waals surface area contributed by atoms with E-state index in [2.05, 4.69) is 9.88 Å². The number of fused-ring (bicyclic) bond motifs is 1. The number of rotatable bonds is 3. The van der Waals surface area contributed by atoms with Gasteiger partial charge in [-0.3, -0.25) is 14.5 Å². The maximum atomic E-state index is 12.2. The van der Waals surface area contributed by atoms with Crippen molar-refractivity contribution < 1.29 is 9.59 Å². The molecule has 0 atom stereocenters. The number of ketones is 2. The monoisotopic (exact) mass is 256 g/mol. The van der Waals surface area contributed by atoms with Crippen LogP contribution in [0.15, 0.2) is 30.5 Å². The number of nitrogens with one attached hydrogen (secondary N) is 1. The van der Waals surface area contributed by atoms with Gasteiger partial charge >= 0.3 is 0 Å². The smallest absolute Gasteiger partial charge is 0.176 e. The van der Waals surface area contributed by atoms with E-state index in [4.69, 9.17) is 0 Å². The summed E-state index contributed by atoms with van der Waals surface area (Å²) >= 11 is 0. The standard InChI is InChI=1S/C15H16N2O2/c18-13-4-7-17(8-5-13)10-15(19)12-2-1-11-3-6-16-14(11)9-12/h1-3,6,9,16H,4-5,7-8,10H2. The number of carbonyl (C=O) groups excluding carboxylic acids is 2. The summed E-state index contributed by atoms with van der Waals surface area (Å²) in [7, 11) is 0. The molecule has 1 aromatic heterocycles. The number of hydrogen-bond donors (Lipinski definition) is 1. The fraction of sp³-hybridized carbons (Fsp3) is 0.333. The average molecular weight is 256 g/mol. The van der Waals surface area contributed by atoms with Crippen LogP contribution in [0.2, 0.25) is 0 Å². The summed E-state index contributed by atoms with van der Waals surface area (Å²) in [4.78, 5) is 28.6. The molecule has 1 N–H and O–H groups in total. The van der Waals surface area contributed by atoms with E-state index in [9.17, 15) is 9.59 Å². The van der Waals surface area contributed by atoms with E-state index < -0.39 is 0 Å². The van der Waals surface area contributed by atoms with E-state index in [1.54, 1.807) is 0 Å². The van der Waals surface area contributed by atoms with Crippen molar-refractivity contribution >= 4 is 22.5 Å². The fourth-order valence-corrected chi connectivity index (χ4v) is 2.48. The summed E-state index contributed by atoms with van der Waals surface area (Å²) in [6.07, 6.45) is 3.01. The molecule has 1 fully saturated rings. The van der Waals surface area contributed by atoms with E-state index in [0.29, 0.717) is 38.3 Å². The van der Waals surface area contributed by atoms with Crippen LogP contribution in [0.25, 0.3) is 10.9 Å². The highest BCUT2D eigenvalue weighted by Gasteiger charge is 2.19. The highest BCUT2D eigenvalue weighted by molar-refractivity contribution is 6.00. The van der Waals surface area contributed by atoms with Gasteiger partial charge in [0.2, 0.25) is 0 Å². The predicted octanol–water partition coefficient (Wildman–Crippen LogP) is 2.02. The second-order valence-corrected chi connectivity index (χ2v) is 5.02. The Morgan fingerprint density at radius 3 is 2.79 bits per heavy atom. The lowest BCUT2D eigenvalue weighted by molar-refractivity contribution is -0.121. The SMILES string of the molecule is O=C1CCN(CC(=O)c2ccc3cc[nH]c3c2)CC1. The average Bonchev–Trinajstić information content (AvgIpc) is 2.88. The highest BCUT2D eigenvalue weighted by atomic mass is 16.1. The zero-order valence-electron chi connectivity index (χ0n) is 10.7. The molecule has 0 saturated carbocycles. The molecule has 4 nitrogen and oxygen atoms in total. The lowest BCUT2D eigenvalue weighted by atomic mass is 10.1. The zero-order chi connectivity index (χ0) is 13.2. The Labute approximate surface area is 111 Å². The molecule has 1 aromatic carbocycles. The van der Waals surface area contributed by atoms with Crippen molar-refractivity contribution in [3.63, 3.8) is 0 Å². The molecular formula is C15H16N2O2. The number of aromatic nitrogens is 1. The van der Waals surface area contributed by atoms with Crippen molar-refractivity contribution in [1.82, 2.24) is 9.88 Å². The summed E-state index contributed by atoms with van der Waals surface area (Å²) in [5, 5.41) is 1.11. The molecule has 98 valence electrons. The molecule has 2 aromatic rings. The highest BCUT2D eigenvalue weighted by Crippen LogP contribution is 2.15. The lowest BCUT2D eigenvalue weighted by Gasteiger charge is -2.24. The first-order valence-electron chi connectivity index (χ1n) is 6.57. The number of aromatic amines is 1. The summed E-state index contributed by atoms with van der Waals surface area (Å²) in [5.41, 5.74) is 1.71. The van der Waals surface area contributed by atoms with E-state index >= 15 is 0 Å². The van der Waals surface area contributed by atoms with Gasteiger partial charge in [-0.1, -0.05) is 12.1 Å². The van der Waals surface area contributed by atoms with Gasteiger partial charge in [-0.2, -0.15) is 0 Å². The van der Waals surface area contributed by atoms with Gasteiger partial charge in [-0.25, -0.2) is 0 Å².